The summed E-state index contributed by atoms with van der Waals surface area (Å²) in [7, 11) is 1.62. The van der Waals surface area contributed by atoms with Crippen LogP contribution in [0.1, 0.15) is 20.3 Å². The summed E-state index contributed by atoms with van der Waals surface area (Å²) in [5, 5.41) is 2.55. The molecule has 3 heteroatoms. The molecule has 1 amide bonds. The summed E-state index contributed by atoms with van der Waals surface area (Å²) >= 11 is 0. The molecule has 1 unspecified atom stereocenters. The zero-order valence-electron chi connectivity index (χ0n) is 6.72. The Kier molecular flexibility index (Phi) is 4.54. The van der Waals surface area contributed by atoms with Crippen molar-refractivity contribution in [1.82, 2.24) is 5.32 Å². The molecular weight excluding hydrogens is 128 g/mol. The maximum atomic E-state index is 10.9. The van der Waals surface area contributed by atoms with Gasteiger partial charge in [0.25, 0.3) is 0 Å². The monoisotopic (exact) mass is 142 g/mol. The predicted molar refractivity (Wildman–Crippen MR) is 42.0 cm³/mol. The van der Waals surface area contributed by atoms with E-state index in [2.05, 4.69) is 10.3 Å². The fourth-order valence-electron chi connectivity index (χ4n) is 0.456. The van der Waals surface area contributed by atoms with Gasteiger partial charge in [0, 0.05) is 13.0 Å². The number of rotatable bonds is 3. The van der Waals surface area contributed by atoms with E-state index < -0.39 is 0 Å². The van der Waals surface area contributed by atoms with Gasteiger partial charge in [0.15, 0.2) is 0 Å². The first-order valence-corrected chi connectivity index (χ1v) is 3.43. The summed E-state index contributed by atoms with van der Waals surface area (Å²) in [6.07, 6.45) is 2.28. The van der Waals surface area contributed by atoms with Gasteiger partial charge >= 0.3 is 0 Å². The van der Waals surface area contributed by atoms with Gasteiger partial charge in [-0.05, 0) is 6.42 Å². The number of amides is 1. The number of nitrogens with zero attached hydrogens (tertiary/aromatic N) is 1. The van der Waals surface area contributed by atoms with E-state index in [0.29, 0.717) is 0 Å². The number of carbonyl (C=O) groups excluding carboxylic acids is 1. The molecule has 0 saturated heterocycles. The molecule has 0 fully saturated rings. The highest BCUT2D eigenvalue weighted by atomic mass is 16.1. The van der Waals surface area contributed by atoms with Crippen molar-refractivity contribution in [2.24, 2.45) is 10.9 Å². The summed E-state index contributed by atoms with van der Waals surface area (Å²) in [4.78, 5) is 14.6. The van der Waals surface area contributed by atoms with Crippen LogP contribution in [0.3, 0.4) is 0 Å². The van der Waals surface area contributed by atoms with Crippen molar-refractivity contribution in [1.29, 1.82) is 0 Å². The largest absolute Gasteiger partial charge is 0.317 e. The summed E-state index contributed by atoms with van der Waals surface area (Å²) in [6, 6.07) is 0. The number of hydrogen-bond donors (Lipinski definition) is 1. The molecule has 0 aromatic carbocycles. The molecule has 58 valence electrons. The van der Waals surface area contributed by atoms with Crippen LogP contribution in [0.4, 0.5) is 0 Å². The molecule has 1 N–H and O–H groups in total. The minimum atomic E-state index is 0.0353. The van der Waals surface area contributed by atoms with Gasteiger partial charge in [0.1, 0.15) is 0 Å². The van der Waals surface area contributed by atoms with E-state index in [1.165, 1.54) is 6.34 Å². The highest BCUT2D eigenvalue weighted by Gasteiger charge is 2.07. The minimum Gasteiger partial charge on any atom is -0.317 e. The van der Waals surface area contributed by atoms with E-state index in [1.54, 1.807) is 7.05 Å². The van der Waals surface area contributed by atoms with Gasteiger partial charge in [0.2, 0.25) is 5.91 Å². The maximum absolute atomic E-state index is 10.9. The highest BCUT2D eigenvalue weighted by molar-refractivity contribution is 5.88. The lowest BCUT2D eigenvalue weighted by atomic mass is 10.1. The molecule has 0 aliphatic carbocycles. The molecule has 0 aromatic heterocycles. The molecule has 0 aliphatic rings. The van der Waals surface area contributed by atoms with Crippen LogP contribution in [0.15, 0.2) is 4.99 Å². The number of carbonyl (C=O) groups is 1. The van der Waals surface area contributed by atoms with E-state index in [0.717, 1.165) is 6.42 Å². The van der Waals surface area contributed by atoms with Crippen molar-refractivity contribution in [2.45, 2.75) is 20.3 Å². The van der Waals surface area contributed by atoms with E-state index >= 15 is 0 Å². The standard InChI is InChI=1S/C7H14N2O/c1-4-6(2)7(10)9-5-8-3/h5-6H,4H2,1-3H3,(H,8,9,10). The summed E-state index contributed by atoms with van der Waals surface area (Å²) < 4.78 is 0. The van der Waals surface area contributed by atoms with Crippen LogP contribution in [0.2, 0.25) is 0 Å². The third-order valence-corrected chi connectivity index (χ3v) is 1.40. The Labute approximate surface area is 61.5 Å². The zero-order valence-corrected chi connectivity index (χ0v) is 6.72. The van der Waals surface area contributed by atoms with Crippen LogP contribution >= 0.6 is 0 Å². The Morgan fingerprint density at radius 2 is 2.40 bits per heavy atom. The average Bonchev–Trinajstić information content (AvgIpc) is 1.98. The molecule has 0 heterocycles. The van der Waals surface area contributed by atoms with Crippen LogP contribution in [0.5, 0.6) is 0 Å². The summed E-state index contributed by atoms with van der Waals surface area (Å²) in [6.45, 7) is 3.87. The molecule has 1 atom stereocenters. The van der Waals surface area contributed by atoms with E-state index in [-0.39, 0.29) is 11.8 Å². The van der Waals surface area contributed by atoms with Crippen molar-refractivity contribution >= 4 is 12.2 Å². The third kappa shape index (κ3) is 3.22. The first-order valence-electron chi connectivity index (χ1n) is 3.43. The second kappa shape index (κ2) is 4.97. The fourth-order valence-corrected chi connectivity index (χ4v) is 0.456. The SMILES string of the molecule is CCC(C)C(=O)NC=NC. The third-order valence-electron chi connectivity index (χ3n) is 1.40. The van der Waals surface area contributed by atoms with Crippen LogP contribution in [0, 0.1) is 5.92 Å². The number of nitrogens with one attached hydrogen (secondary N) is 1. The van der Waals surface area contributed by atoms with Gasteiger partial charge in [-0.2, -0.15) is 0 Å². The van der Waals surface area contributed by atoms with E-state index in [9.17, 15) is 4.79 Å². The van der Waals surface area contributed by atoms with Crippen molar-refractivity contribution in [3.63, 3.8) is 0 Å². The molecule has 3 nitrogen and oxygen atoms in total. The Morgan fingerprint density at radius 3 is 2.80 bits per heavy atom. The predicted octanol–water partition coefficient (Wildman–Crippen LogP) is 0.807. The van der Waals surface area contributed by atoms with Crippen molar-refractivity contribution < 1.29 is 4.79 Å². The van der Waals surface area contributed by atoms with Crippen molar-refractivity contribution in [3.8, 4) is 0 Å². The van der Waals surface area contributed by atoms with Gasteiger partial charge in [-0.25, -0.2) is 0 Å². The molecule has 0 rings (SSSR count). The normalized spacial score (nSPS) is 13.5. The Bertz CT molecular complexity index is 132. The zero-order chi connectivity index (χ0) is 7.98. The molecule has 0 spiro atoms. The summed E-state index contributed by atoms with van der Waals surface area (Å²) in [5.74, 6) is 0.117. The van der Waals surface area contributed by atoms with Crippen LogP contribution in [-0.2, 0) is 4.79 Å². The van der Waals surface area contributed by atoms with Gasteiger partial charge in [0.05, 0.1) is 6.34 Å². The van der Waals surface area contributed by atoms with Crippen molar-refractivity contribution in [2.75, 3.05) is 7.05 Å². The smallest absolute Gasteiger partial charge is 0.227 e. The topological polar surface area (TPSA) is 41.5 Å². The van der Waals surface area contributed by atoms with Gasteiger partial charge < -0.3 is 5.32 Å². The second-order valence-electron chi connectivity index (χ2n) is 2.21. The number of hydrogen-bond acceptors (Lipinski definition) is 2. The van der Waals surface area contributed by atoms with E-state index in [4.69, 9.17) is 0 Å². The first kappa shape index (κ1) is 9.14. The van der Waals surface area contributed by atoms with Crippen LogP contribution < -0.4 is 5.32 Å². The average molecular weight is 142 g/mol. The maximum Gasteiger partial charge on any atom is 0.227 e. The van der Waals surface area contributed by atoms with Gasteiger partial charge in [-0.1, -0.05) is 13.8 Å². The number of aliphatic imine (C=N–C) groups is 1. The lowest BCUT2D eigenvalue weighted by molar-refractivity contribution is -0.123. The van der Waals surface area contributed by atoms with Crippen LogP contribution in [-0.4, -0.2) is 19.3 Å². The fraction of sp³-hybridized carbons (Fsp3) is 0.714. The van der Waals surface area contributed by atoms with E-state index in [1.807, 2.05) is 13.8 Å². The molecule has 0 aliphatic heterocycles. The lowest BCUT2D eigenvalue weighted by Crippen LogP contribution is -2.27. The molecular formula is C7H14N2O. The highest BCUT2D eigenvalue weighted by Crippen LogP contribution is 1.98. The molecule has 0 radical (unpaired) electrons. The molecule has 0 bridgehead atoms. The molecule has 0 saturated carbocycles. The lowest BCUT2D eigenvalue weighted by Gasteiger charge is -2.04. The van der Waals surface area contributed by atoms with Crippen LogP contribution in [0.25, 0.3) is 0 Å². The minimum absolute atomic E-state index is 0.0353. The molecule has 10 heavy (non-hydrogen) atoms. The Morgan fingerprint density at radius 1 is 1.80 bits per heavy atom. The first-order chi connectivity index (χ1) is 4.72. The second-order valence-corrected chi connectivity index (χ2v) is 2.21. The molecule has 0 aromatic rings. The quantitative estimate of drug-likeness (QED) is 0.459. The Balaban J connectivity index is 3.62. The van der Waals surface area contributed by atoms with Crippen molar-refractivity contribution in [3.05, 3.63) is 0 Å². The summed E-state index contributed by atoms with van der Waals surface area (Å²) in [5.41, 5.74) is 0. The van der Waals surface area contributed by atoms with Gasteiger partial charge in [-0.15, -0.1) is 0 Å². The van der Waals surface area contributed by atoms with Gasteiger partial charge in [-0.3, -0.25) is 9.79 Å². The Hall–Kier alpha value is -0.860.